The summed E-state index contributed by atoms with van der Waals surface area (Å²) in [4.78, 5) is 4.06. The van der Waals surface area contributed by atoms with Gasteiger partial charge < -0.3 is 10.6 Å². The summed E-state index contributed by atoms with van der Waals surface area (Å²) in [6.07, 6.45) is 1.27. The fourth-order valence-electron chi connectivity index (χ4n) is 3.29. The Morgan fingerprint density at radius 1 is 1.18 bits per heavy atom. The van der Waals surface area contributed by atoms with Gasteiger partial charge >= 0.3 is 0 Å². The zero-order valence-corrected chi connectivity index (χ0v) is 16.5. The molecule has 1 heterocycles. The maximum absolute atomic E-state index is 14.6. The number of anilines is 1. The number of hydrogen-bond acceptors (Lipinski definition) is 4. The third-order valence-corrected chi connectivity index (χ3v) is 4.86. The molecule has 1 fully saturated rings. The minimum atomic E-state index is -0.607. The van der Waals surface area contributed by atoms with E-state index in [4.69, 9.17) is 5.73 Å². The van der Waals surface area contributed by atoms with E-state index in [-0.39, 0.29) is 10.8 Å². The highest BCUT2D eigenvalue weighted by atomic mass is 32.1. The molecule has 3 N–H and O–H groups in total. The Morgan fingerprint density at radius 3 is 2.43 bits per heavy atom. The number of hydrogen-bond donors (Lipinski definition) is 2. The van der Waals surface area contributed by atoms with Gasteiger partial charge in [-0.25, -0.2) is 8.78 Å². The molecule has 1 saturated heterocycles. The van der Waals surface area contributed by atoms with E-state index >= 15 is 0 Å². The lowest BCUT2D eigenvalue weighted by atomic mass is 10.1. The monoisotopic (exact) mass is 403 g/mol. The van der Waals surface area contributed by atoms with Crippen molar-refractivity contribution in [1.29, 1.82) is 0 Å². The molecule has 8 heteroatoms. The van der Waals surface area contributed by atoms with E-state index < -0.39 is 11.6 Å². The molecular weight excluding hydrogens is 380 g/mol. The van der Waals surface area contributed by atoms with Crippen LogP contribution in [0.5, 0.6) is 0 Å². The highest BCUT2D eigenvalue weighted by Gasteiger charge is 2.23. The number of benzene rings is 2. The van der Waals surface area contributed by atoms with Gasteiger partial charge in [0.05, 0.1) is 6.21 Å². The Morgan fingerprint density at radius 2 is 1.82 bits per heavy atom. The molecular formula is C20H23F2N5S. The second-order valence-corrected chi connectivity index (χ2v) is 7.20. The highest BCUT2D eigenvalue weighted by molar-refractivity contribution is 7.80. The van der Waals surface area contributed by atoms with Crippen LogP contribution >= 0.6 is 12.2 Å². The largest absolute Gasteiger partial charge is 0.375 e. The summed E-state index contributed by atoms with van der Waals surface area (Å²) in [7, 11) is 0. The van der Waals surface area contributed by atoms with E-state index in [0.29, 0.717) is 18.7 Å². The van der Waals surface area contributed by atoms with Crippen LogP contribution in [0.15, 0.2) is 41.5 Å². The molecule has 148 valence electrons. The van der Waals surface area contributed by atoms with Crippen LogP contribution in [0.2, 0.25) is 0 Å². The lowest BCUT2D eigenvalue weighted by Gasteiger charge is -2.36. The van der Waals surface area contributed by atoms with Gasteiger partial charge in [-0.15, -0.1) is 0 Å². The van der Waals surface area contributed by atoms with Crippen LogP contribution in [0.25, 0.3) is 0 Å². The maximum Gasteiger partial charge on any atom is 0.184 e. The summed E-state index contributed by atoms with van der Waals surface area (Å²) in [6.45, 7) is 5.56. The number of halogens is 2. The van der Waals surface area contributed by atoms with Gasteiger partial charge in [-0.2, -0.15) is 5.10 Å². The van der Waals surface area contributed by atoms with Crippen LogP contribution < -0.4 is 16.1 Å². The minimum absolute atomic E-state index is 0.00926. The fourth-order valence-corrected chi connectivity index (χ4v) is 3.34. The third kappa shape index (κ3) is 5.02. The van der Waals surface area contributed by atoms with Crippen LogP contribution in [0.1, 0.15) is 16.7 Å². The Balaban J connectivity index is 1.64. The summed E-state index contributed by atoms with van der Waals surface area (Å²) in [6, 6.07) is 10.8. The molecule has 1 aliphatic rings. The predicted molar refractivity (Wildman–Crippen MR) is 113 cm³/mol. The van der Waals surface area contributed by atoms with Gasteiger partial charge in [-0.1, -0.05) is 24.3 Å². The van der Waals surface area contributed by atoms with Crippen molar-refractivity contribution in [2.45, 2.75) is 13.5 Å². The first-order chi connectivity index (χ1) is 13.4. The van der Waals surface area contributed by atoms with Crippen molar-refractivity contribution < 1.29 is 8.78 Å². The molecule has 0 saturated carbocycles. The van der Waals surface area contributed by atoms with Gasteiger partial charge in [0.1, 0.15) is 17.3 Å². The molecule has 28 heavy (non-hydrogen) atoms. The zero-order chi connectivity index (χ0) is 20.1. The topological polar surface area (TPSA) is 56.9 Å². The molecule has 0 aromatic heterocycles. The first-order valence-electron chi connectivity index (χ1n) is 9.03. The smallest absolute Gasteiger partial charge is 0.184 e. The number of nitrogens with two attached hydrogens (primary N) is 1. The van der Waals surface area contributed by atoms with Crippen LogP contribution in [0, 0.1) is 18.6 Å². The van der Waals surface area contributed by atoms with E-state index in [9.17, 15) is 8.78 Å². The SMILES string of the molecule is Cc1ccccc1CN1CCN(c2c(F)cc(C=NNC(N)=S)cc2F)CC1. The van der Waals surface area contributed by atoms with Gasteiger partial charge in [0.2, 0.25) is 0 Å². The molecule has 0 atom stereocenters. The van der Waals surface area contributed by atoms with Gasteiger partial charge in [-0.05, 0) is 42.4 Å². The van der Waals surface area contributed by atoms with Gasteiger partial charge in [0, 0.05) is 38.3 Å². The molecule has 0 radical (unpaired) electrons. The summed E-state index contributed by atoms with van der Waals surface area (Å²) < 4.78 is 29.1. The zero-order valence-electron chi connectivity index (χ0n) is 15.7. The van der Waals surface area contributed by atoms with Crippen molar-refractivity contribution in [3.05, 3.63) is 64.7 Å². The quantitative estimate of drug-likeness (QED) is 0.457. The summed E-state index contributed by atoms with van der Waals surface area (Å²) >= 11 is 4.62. The summed E-state index contributed by atoms with van der Waals surface area (Å²) in [5.41, 5.74) is 10.4. The summed E-state index contributed by atoms with van der Waals surface area (Å²) in [5, 5.41) is 3.71. The number of aryl methyl sites for hydroxylation is 1. The lowest BCUT2D eigenvalue weighted by molar-refractivity contribution is 0.248. The van der Waals surface area contributed by atoms with Crippen molar-refractivity contribution in [2.75, 3.05) is 31.1 Å². The van der Waals surface area contributed by atoms with Crippen LogP contribution in [0.3, 0.4) is 0 Å². The molecule has 5 nitrogen and oxygen atoms in total. The van der Waals surface area contributed by atoms with Crippen LogP contribution in [0.4, 0.5) is 14.5 Å². The standard InChI is InChI=1S/C20H23F2N5S/c1-14-4-2-3-5-16(14)13-26-6-8-27(9-7-26)19-17(21)10-15(11-18(19)22)12-24-25-20(23)28/h2-5,10-12H,6-9,13H2,1H3,(H3,23,25,28). The molecule has 2 aromatic carbocycles. The third-order valence-electron chi connectivity index (χ3n) is 4.77. The second kappa shape index (κ2) is 9.07. The molecule has 0 aliphatic carbocycles. The van der Waals surface area contributed by atoms with Gasteiger partial charge in [0.15, 0.2) is 5.11 Å². The average molecular weight is 404 g/mol. The Hall–Kier alpha value is -2.58. The van der Waals surface area contributed by atoms with Gasteiger partial charge in [-0.3, -0.25) is 10.3 Å². The molecule has 3 rings (SSSR count). The normalized spacial score (nSPS) is 15.2. The van der Waals surface area contributed by atoms with Crippen molar-refractivity contribution in [3.8, 4) is 0 Å². The average Bonchev–Trinajstić information content (AvgIpc) is 2.64. The number of nitrogens with zero attached hydrogens (tertiary/aromatic N) is 3. The molecule has 0 bridgehead atoms. The predicted octanol–water partition coefficient (Wildman–Crippen LogP) is 2.76. The van der Waals surface area contributed by atoms with Crippen molar-refractivity contribution in [3.63, 3.8) is 0 Å². The lowest BCUT2D eigenvalue weighted by Crippen LogP contribution is -2.46. The first-order valence-corrected chi connectivity index (χ1v) is 9.44. The van der Waals surface area contributed by atoms with Crippen LogP contribution in [-0.2, 0) is 6.54 Å². The van der Waals surface area contributed by atoms with Crippen molar-refractivity contribution in [1.82, 2.24) is 10.3 Å². The molecule has 0 amide bonds. The van der Waals surface area contributed by atoms with Crippen molar-refractivity contribution >= 4 is 29.2 Å². The maximum atomic E-state index is 14.6. The minimum Gasteiger partial charge on any atom is -0.375 e. The van der Waals surface area contributed by atoms with E-state index in [0.717, 1.165) is 19.6 Å². The molecule has 1 aliphatic heterocycles. The van der Waals surface area contributed by atoms with Gasteiger partial charge in [0.25, 0.3) is 0 Å². The molecule has 0 unspecified atom stereocenters. The Labute approximate surface area is 168 Å². The molecule has 2 aromatic rings. The summed E-state index contributed by atoms with van der Waals surface area (Å²) in [5.74, 6) is -1.21. The van der Waals surface area contributed by atoms with E-state index in [1.54, 1.807) is 4.90 Å². The second-order valence-electron chi connectivity index (χ2n) is 6.76. The number of piperazine rings is 1. The first kappa shape index (κ1) is 20.2. The number of thiocarbonyl (C=S) groups is 1. The Kier molecular flexibility index (Phi) is 6.53. The van der Waals surface area contributed by atoms with Crippen LogP contribution in [-0.4, -0.2) is 42.4 Å². The number of nitrogens with one attached hydrogen (secondary N) is 1. The number of rotatable bonds is 5. The van der Waals surface area contributed by atoms with E-state index in [2.05, 4.69) is 46.7 Å². The van der Waals surface area contributed by atoms with E-state index in [1.807, 2.05) is 12.1 Å². The fraction of sp³-hybridized carbons (Fsp3) is 0.300. The molecule has 0 spiro atoms. The van der Waals surface area contributed by atoms with E-state index in [1.165, 1.54) is 29.5 Å². The Bertz CT molecular complexity index is 856. The highest BCUT2D eigenvalue weighted by Crippen LogP contribution is 2.26. The van der Waals surface area contributed by atoms with Crippen molar-refractivity contribution in [2.24, 2.45) is 10.8 Å². The number of hydrazone groups is 1.